The molecule has 0 spiro atoms. The highest BCUT2D eigenvalue weighted by atomic mass is 17.2. The van der Waals surface area contributed by atoms with Gasteiger partial charge in [-0.25, -0.2) is 14.6 Å². The van der Waals surface area contributed by atoms with E-state index in [2.05, 4.69) is 13.8 Å². The fourth-order valence-electron chi connectivity index (χ4n) is 4.38. The molecule has 0 saturated heterocycles. The van der Waals surface area contributed by atoms with E-state index < -0.39 is 17.9 Å². The Morgan fingerprint density at radius 3 is 1.97 bits per heavy atom. The van der Waals surface area contributed by atoms with Crippen LogP contribution in [0.3, 0.4) is 0 Å². The Hall–Kier alpha value is -2.12. The number of hydrogen-bond donors (Lipinski definition) is 1. The number of esters is 1. The van der Waals surface area contributed by atoms with Gasteiger partial charge in [0.2, 0.25) is 0 Å². The monoisotopic (exact) mass is 535 g/mol. The number of ether oxygens (including phenoxy) is 1. The van der Waals surface area contributed by atoms with Gasteiger partial charge in [-0.05, 0) is 44.7 Å². The quantitative estimate of drug-likeness (QED) is 0.0598. The van der Waals surface area contributed by atoms with E-state index in [4.69, 9.17) is 14.5 Å². The highest BCUT2D eigenvalue weighted by Gasteiger charge is 2.24. The molecule has 0 amide bonds. The fourth-order valence-corrected chi connectivity index (χ4v) is 4.38. The number of carbonyl (C=O) groups is 2. The number of hydrogen-bond acceptors (Lipinski definition) is 6. The lowest BCUT2D eigenvalue weighted by molar-refractivity contribution is -0.301. The van der Waals surface area contributed by atoms with Gasteiger partial charge in [-0.15, -0.1) is 0 Å². The lowest BCUT2D eigenvalue weighted by Crippen LogP contribution is -2.40. The van der Waals surface area contributed by atoms with Crippen LogP contribution in [0.4, 0.5) is 5.69 Å². The van der Waals surface area contributed by atoms with Crippen molar-refractivity contribution in [3.05, 3.63) is 30.3 Å². The molecule has 0 radical (unpaired) electrons. The van der Waals surface area contributed by atoms with Gasteiger partial charge in [0.1, 0.15) is 6.04 Å². The summed E-state index contributed by atoms with van der Waals surface area (Å²) in [5.74, 6) is -1.59. The SMILES string of the molecule is CCCCCCCCOOCC(CCCN(c1ccccc1)C(C)C(=O)O)C(=O)OCCCCCCCC. The molecule has 0 aliphatic heterocycles. The second-order valence-corrected chi connectivity index (χ2v) is 10.2. The van der Waals surface area contributed by atoms with Crippen molar-refractivity contribution in [2.75, 3.05) is 31.3 Å². The molecule has 7 nitrogen and oxygen atoms in total. The number of carbonyl (C=O) groups excluding carboxylic acids is 1. The van der Waals surface area contributed by atoms with Gasteiger partial charge in [0.05, 0.1) is 25.7 Å². The molecule has 0 bridgehead atoms. The van der Waals surface area contributed by atoms with Gasteiger partial charge < -0.3 is 14.7 Å². The largest absolute Gasteiger partial charge is 0.480 e. The van der Waals surface area contributed by atoms with Crippen LogP contribution >= 0.6 is 0 Å². The molecule has 0 fully saturated rings. The zero-order valence-corrected chi connectivity index (χ0v) is 24.2. The smallest absolute Gasteiger partial charge is 0.326 e. The van der Waals surface area contributed by atoms with Crippen molar-refractivity contribution < 1.29 is 29.2 Å². The van der Waals surface area contributed by atoms with E-state index in [1.807, 2.05) is 35.2 Å². The van der Waals surface area contributed by atoms with Crippen molar-refractivity contribution in [2.45, 2.75) is 117 Å². The maximum atomic E-state index is 12.9. The third-order valence-electron chi connectivity index (χ3n) is 6.87. The van der Waals surface area contributed by atoms with Crippen molar-refractivity contribution in [3.63, 3.8) is 0 Å². The molecule has 1 N–H and O–H groups in total. The van der Waals surface area contributed by atoms with Gasteiger partial charge in [-0.2, -0.15) is 0 Å². The van der Waals surface area contributed by atoms with E-state index in [0.29, 0.717) is 32.6 Å². The molecule has 0 aliphatic rings. The van der Waals surface area contributed by atoms with E-state index in [1.54, 1.807) is 6.92 Å². The highest BCUT2D eigenvalue weighted by Crippen LogP contribution is 2.20. The van der Waals surface area contributed by atoms with E-state index in [1.165, 1.54) is 51.4 Å². The summed E-state index contributed by atoms with van der Waals surface area (Å²) in [6.07, 6.45) is 15.0. The van der Waals surface area contributed by atoms with E-state index in [9.17, 15) is 14.7 Å². The van der Waals surface area contributed by atoms with Crippen LogP contribution in [0.1, 0.15) is 111 Å². The molecule has 1 rings (SSSR count). The van der Waals surface area contributed by atoms with Crippen molar-refractivity contribution in [3.8, 4) is 0 Å². The lowest BCUT2D eigenvalue weighted by Gasteiger charge is -2.29. The summed E-state index contributed by atoms with van der Waals surface area (Å²) >= 11 is 0. The molecule has 2 unspecified atom stereocenters. The van der Waals surface area contributed by atoms with E-state index >= 15 is 0 Å². The molecule has 0 heterocycles. The van der Waals surface area contributed by atoms with Crippen LogP contribution in [-0.4, -0.2) is 49.5 Å². The molecule has 1 aromatic rings. The average Bonchev–Trinajstić information content (AvgIpc) is 2.92. The number of rotatable bonds is 25. The predicted octanol–water partition coefficient (Wildman–Crippen LogP) is 7.57. The molecule has 0 aliphatic carbocycles. The zero-order chi connectivity index (χ0) is 27.8. The third-order valence-corrected chi connectivity index (χ3v) is 6.87. The van der Waals surface area contributed by atoms with Gasteiger partial charge in [0.15, 0.2) is 0 Å². The Balaban J connectivity index is 2.55. The van der Waals surface area contributed by atoms with Gasteiger partial charge in [0.25, 0.3) is 0 Å². The predicted molar refractivity (Wildman–Crippen MR) is 153 cm³/mol. The molecular formula is C31H53NO6. The van der Waals surface area contributed by atoms with Gasteiger partial charge in [-0.3, -0.25) is 4.79 Å². The van der Waals surface area contributed by atoms with Gasteiger partial charge >= 0.3 is 11.9 Å². The minimum Gasteiger partial charge on any atom is -0.480 e. The first-order valence-electron chi connectivity index (χ1n) is 15.0. The topological polar surface area (TPSA) is 85.3 Å². The van der Waals surface area contributed by atoms with Crippen molar-refractivity contribution in [1.82, 2.24) is 0 Å². The first-order chi connectivity index (χ1) is 18.5. The lowest BCUT2D eigenvalue weighted by atomic mass is 10.0. The summed E-state index contributed by atoms with van der Waals surface area (Å²) in [5, 5.41) is 9.59. The summed E-state index contributed by atoms with van der Waals surface area (Å²) in [5.41, 5.74) is 0.850. The first kappa shape index (κ1) is 33.9. The Morgan fingerprint density at radius 1 is 0.789 bits per heavy atom. The number of anilines is 1. The van der Waals surface area contributed by atoms with Crippen LogP contribution < -0.4 is 4.90 Å². The maximum Gasteiger partial charge on any atom is 0.326 e. The Bertz CT molecular complexity index is 714. The standard InChI is InChI=1S/C31H53NO6/c1-4-6-8-10-12-17-24-36-31(35)28(26-38-37-25-18-13-11-9-7-5-2)20-19-23-32(27(3)30(33)34)29-21-15-14-16-22-29/h14-16,21-22,27-28H,4-13,17-20,23-26H2,1-3H3,(H,33,34). The molecule has 2 atom stereocenters. The molecule has 7 heteroatoms. The van der Waals surface area contributed by atoms with Crippen LogP contribution in [0.2, 0.25) is 0 Å². The summed E-state index contributed by atoms with van der Waals surface area (Å²) in [4.78, 5) is 37.2. The second kappa shape index (κ2) is 22.8. The molecule has 218 valence electrons. The minimum atomic E-state index is -0.879. The summed E-state index contributed by atoms with van der Waals surface area (Å²) in [7, 11) is 0. The average molecular weight is 536 g/mol. The summed E-state index contributed by atoms with van der Waals surface area (Å²) in [6.45, 7) is 7.68. The Morgan fingerprint density at radius 2 is 1.37 bits per heavy atom. The maximum absolute atomic E-state index is 12.9. The number of carboxylic acid groups (broad SMARTS) is 1. The highest BCUT2D eigenvalue weighted by molar-refractivity contribution is 5.77. The zero-order valence-electron chi connectivity index (χ0n) is 24.2. The van der Waals surface area contributed by atoms with Crippen LogP contribution in [0.15, 0.2) is 30.3 Å². The fraction of sp³-hybridized carbons (Fsp3) is 0.742. The molecule has 38 heavy (non-hydrogen) atoms. The van der Waals surface area contributed by atoms with Crippen molar-refractivity contribution >= 4 is 17.6 Å². The van der Waals surface area contributed by atoms with Crippen LogP contribution in [0.25, 0.3) is 0 Å². The number of aliphatic carboxylic acids is 1. The number of unbranched alkanes of at least 4 members (excludes halogenated alkanes) is 10. The first-order valence-corrected chi connectivity index (χ1v) is 15.0. The van der Waals surface area contributed by atoms with Crippen molar-refractivity contribution in [1.29, 1.82) is 0 Å². The normalized spacial score (nSPS) is 12.7. The van der Waals surface area contributed by atoms with Crippen LogP contribution in [0, 0.1) is 5.92 Å². The van der Waals surface area contributed by atoms with Crippen LogP contribution in [0.5, 0.6) is 0 Å². The number of nitrogens with zero attached hydrogens (tertiary/aromatic N) is 1. The Kier molecular flexibility index (Phi) is 20.4. The van der Waals surface area contributed by atoms with E-state index in [0.717, 1.165) is 31.4 Å². The summed E-state index contributed by atoms with van der Waals surface area (Å²) in [6, 6.07) is 8.84. The van der Waals surface area contributed by atoms with Crippen molar-refractivity contribution in [2.24, 2.45) is 5.92 Å². The number of carboxylic acids is 1. The second-order valence-electron chi connectivity index (χ2n) is 10.2. The van der Waals surface area contributed by atoms with Gasteiger partial charge in [-0.1, -0.05) is 96.3 Å². The molecule has 0 aromatic heterocycles. The summed E-state index contributed by atoms with van der Waals surface area (Å²) < 4.78 is 5.59. The molecule has 0 saturated carbocycles. The Labute approximate surface area is 231 Å². The van der Waals surface area contributed by atoms with Gasteiger partial charge in [0, 0.05) is 12.2 Å². The number of para-hydroxylation sites is 1. The molecule has 1 aromatic carbocycles. The third kappa shape index (κ3) is 16.0. The minimum absolute atomic E-state index is 0.144. The van der Waals surface area contributed by atoms with E-state index in [-0.39, 0.29) is 12.6 Å². The van der Waals surface area contributed by atoms with Crippen LogP contribution in [-0.2, 0) is 24.1 Å². The molecular weight excluding hydrogens is 482 g/mol. The number of benzene rings is 1.